The number of anilines is 3. The summed E-state index contributed by atoms with van der Waals surface area (Å²) in [4.78, 5) is 27.9. The number of amides is 2. The van der Waals surface area contributed by atoms with Crippen LogP contribution in [0.5, 0.6) is 0 Å². The van der Waals surface area contributed by atoms with E-state index in [2.05, 4.69) is 21.0 Å². The zero-order chi connectivity index (χ0) is 24.4. The highest BCUT2D eigenvalue weighted by Crippen LogP contribution is 2.36. The number of fused-ring (bicyclic) bond motifs is 2. The molecule has 2 aliphatic heterocycles. The summed E-state index contributed by atoms with van der Waals surface area (Å²) in [5.74, 6) is 1.38. The second-order valence-electron chi connectivity index (χ2n) is 9.49. The van der Waals surface area contributed by atoms with Gasteiger partial charge in [0.1, 0.15) is 5.82 Å². The zero-order valence-electron chi connectivity index (χ0n) is 20.3. The van der Waals surface area contributed by atoms with Crippen molar-refractivity contribution in [3.63, 3.8) is 0 Å². The predicted molar refractivity (Wildman–Crippen MR) is 137 cm³/mol. The van der Waals surface area contributed by atoms with Gasteiger partial charge in [-0.3, -0.25) is 14.3 Å². The van der Waals surface area contributed by atoms with E-state index in [1.54, 1.807) is 15.8 Å². The summed E-state index contributed by atoms with van der Waals surface area (Å²) >= 11 is 0. The lowest BCUT2D eigenvalue weighted by molar-refractivity contribution is -0.122. The topological polar surface area (TPSA) is 91.3 Å². The molecule has 3 aromatic rings. The Labute approximate surface area is 205 Å². The Bertz CT molecular complexity index is 1240. The van der Waals surface area contributed by atoms with Gasteiger partial charge in [-0.25, -0.2) is 0 Å². The van der Waals surface area contributed by atoms with Gasteiger partial charge in [0.2, 0.25) is 5.91 Å². The summed E-state index contributed by atoms with van der Waals surface area (Å²) in [6.45, 7) is 4.87. The zero-order valence-corrected chi connectivity index (χ0v) is 20.3. The number of nitrogens with zero attached hydrogens (tertiary/aromatic N) is 3. The minimum absolute atomic E-state index is 0.0689. The van der Waals surface area contributed by atoms with Gasteiger partial charge >= 0.3 is 0 Å². The van der Waals surface area contributed by atoms with Gasteiger partial charge in [-0.1, -0.05) is 18.2 Å². The molecule has 0 radical (unpaired) electrons. The van der Waals surface area contributed by atoms with Crippen molar-refractivity contribution in [2.45, 2.75) is 39.3 Å². The third kappa shape index (κ3) is 4.93. The Kier molecular flexibility index (Phi) is 6.55. The maximum absolute atomic E-state index is 13.7. The van der Waals surface area contributed by atoms with Crippen LogP contribution in [0.15, 0.2) is 48.7 Å². The van der Waals surface area contributed by atoms with E-state index in [9.17, 15) is 9.59 Å². The first-order valence-electron chi connectivity index (χ1n) is 12.3. The molecule has 1 aromatic heterocycles. The minimum Gasteiger partial charge on any atom is -0.352 e. The fraction of sp³-hybridized carbons (Fsp3) is 0.370. The van der Waals surface area contributed by atoms with E-state index in [0.29, 0.717) is 31.0 Å². The number of aromatic nitrogens is 2. The Morgan fingerprint density at radius 1 is 1.14 bits per heavy atom. The maximum atomic E-state index is 13.7. The van der Waals surface area contributed by atoms with Crippen LogP contribution in [0.1, 0.15) is 46.3 Å². The van der Waals surface area contributed by atoms with E-state index in [1.165, 1.54) is 0 Å². The lowest BCUT2D eigenvalue weighted by atomic mass is 9.94. The molecule has 0 spiro atoms. The van der Waals surface area contributed by atoms with E-state index in [-0.39, 0.29) is 11.8 Å². The second-order valence-corrected chi connectivity index (χ2v) is 9.49. The summed E-state index contributed by atoms with van der Waals surface area (Å²) in [6.07, 6.45) is 4.49. The van der Waals surface area contributed by atoms with Crippen LogP contribution >= 0.6 is 0 Å². The van der Waals surface area contributed by atoms with Gasteiger partial charge < -0.3 is 20.9 Å². The molecule has 3 heterocycles. The Morgan fingerprint density at radius 3 is 2.74 bits per heavy atom. The van der Waals surface area contributed by atoms with Crippen molar-refractivity contribution < 1.29 is 9.59 Å². The number of piperidine rings is 1. The molecule has 3 N–H and O–H groups in total. The Morgan fingerprint density at radius 2 is 1.94 bits per heavy atom. The standard InChI is InChI=1S/C27H32N6O2/c1-18-13-20(7-8-21(18)15-29-25(34)14-19-9-11-28-12-10-19)27(35)33-17-22-16-30-32(2)26(22)31-23-5-3-4-6-24(23)33/h3-8,13,16,19,28,31H,9-12,14-15,17H2,1-2H3,(H,29,34). The maximum Gasteiger partial charge on any atom is 0.258 e. The van der Waals surface area contributed by atoms with Crippen molar-refractivity contribution in [2.75, 3.05) is 23.3 Å². The monoisotopic (exact) mass is 472 g/mol. The number of hydrogen-bond donors (Lipinski definition) is 3. The predicted octanol–water partition coefficient (Wildman–Crippen LogP) is 3.64. The number of para-hydroxylation sites is 2. The van der Waals surface area contributed by atoms with Crippen molar-refractivity contribution in [3.05, 3.63) is 70.9 Å². The van der Waals surface area contributed by atoms with Gasteiger partial charge in [0.05, 0.1) is 24.1 Å². The quantitative estimate of drug-likeness (QED) is 0.527. The molecule has 2 amide bonds. The number of hydrogen-bond acceptors (Lipinski definition) is 5. The molecule has 8 heteroatoms. The number of nitrogens with one attached hydrogen (secondary N) is 3. The molecular weight excluding hydrogens is 440 g/mol. The van der Waals surface area contributed by atoms with Crippen molar-refractivity contribution in [1.29, 1.82) is 0 Å². The van der Waals surface area contributed by atoms with Gasteiger partial charge in [0.15, 0.2) is 0 Å². The first-order chi connectivity index (χ1) is 17.0. The lowest BCUT2D eigenvalue weighted by Gasteiger charge is -2.23. The van der Waals surface area contributed by atoms with Gasteiger partial charge in [0, 0.05) is 31.1 Å². The molecule has 5 rings (SSSR count). The highest BCUT2D eigenvalue weighted by atomic mass is 16.2. The molecule has 35 heavy (non-hydrogen) atoms. The van der Waals surface area contributed by atoms with E-state index in [4.69, 9.17) is 0 Å². The fourth-order valence-corrected chi connectivity index (χ4v) is 4.94. The smallest absolute Gasteiger partial charge is 0.258 e. The van der Waals surface area contributed by atoms with Gasteiger partial charge in [-0.05, 0) is 74.2 Å². The van der Waals surface area contributed by atoms with Crippen LogP contribution in [-0.2, 0) is 24.9 Å². The molecule has 1 fully saturated rings. The number of benzene rings is 2. The van der Waals surface area contributed by atoms with Crippen molar-refractivity contribution >= 4 is 29.0 Å². The molecule has 0 saturated carbocycles. The van der Waals surface area contributed by atoms with Crippen molar-refractivity contribution in [3.8, 4) is 0 Å². The summed E-state index contributed by atoms with van der Waals surface area (Å²) in [6, 6.07) is 13.5. The minimum atomic E-state index is -0.0689. The van der Waals surface area contributed by atoms with Crippen LogP contribution in [0, 0.1) is 12.8 Å². The molecule has 8 nitrogen and oxygen atoms in total. The fourth-order valence-electron chi connectivity index (χ4n) is 4.94. The highest BCUT2D eigenvalue weighted by Gasteiger charge is 2.27. The van der Waals surface area contributed by atoms with Gasteiger partial charge in [-0.15, -0.1) is 0 Å². The highest BCUT2D eigenvalue weighted by molar-refractivity contribution is 6.08. The first kappa shape index (κ1) is 23.1. The molecular formula is C27H32N6O2. The van der Waals surface area contributed by atoms with Crippen LogP contribution in [-0.4, -0.2) is 34.7 Å². The van der Waals surface area contributed by atoms with E-state index >= 15 is 0 Å². The van der Waals surface area contributed by atoms with Crippen molar-refractivity contribution in [1.82, 2.24) is 20.4 Å². The number of carbonyl (C=O) groups is 2. The molecule has 182 valence electrons. The number of aryl methyl sites for hydroxylation is 2. The molecule has 2 aromatic carbocycles. The third-order valence-electron chi connectivity index (χ3n) is 7.03. The molecule has 2 aliphatic rings. The van der Waals surface area contributed by atoms with Crippen LogP contribution in [0.25, 0.3) is 0 Å². The van der Waals surface area contributed by atoms with E-state index < -0.39 is 0 Å². The van der Waals surface area contributed by atoms with Gasteiger partial charge in [0.25, 0.3) is 5.91 Å². The Hall–Kier alpha value is -3.65. The molecule has 0 aliphatic carbocycles. The number of rotatable bonds is 5. The summed E-state index contributed by atoms with van der Waals surface area (Å²) in [5.41, 5.74) is 5.29. The van der Waals surface area contributed by atoms with Crippen LogP contribution < -0.4 is 20.9 Å². The first-order valence-corrected chi connectivity index (χ1v) is 12.3. The Balaban J connectivity index is 1.31. The van der Waals surface area contributed by atoms with E-state index in [1.807, 2.05) is 56.4 Å². The summed E-state index contributed by atoms with van der Waals surface area (Å²) in [7, 11) is 1.89. The molecule has 1 saturated heterocycles. The van der Waals surface area contributed by atoms with Gasteiger partial charge in [-0.2, -0.15) is 5.10 Å². The summed E-state index contributed by atoms with van der Waals surface area (Å²) in [5, 5.41) is 14.2. The van der Waals surface area contributed by atoms with E-state index in [0.717, 1.165) is 59.8 Å². The lowest BCUT2D eigenvalue weighted by Crippen LogP contribution is -2.32. The average molecular weight is 473 g/mol. The molecule has 0 bridgehead atoms. The normalized spacial score (nSPS) is 15.5. The largest absolute Gasteiger partial charge is 0.352 e. The van der Waals surface area contributed by atoms with Crippen LogP contribution in [0.3, 0.4) is 0 Å². The molecule has 0 unspecified atom stereocenters. The number of carbonyl (C=O) groups excluding carboxylic acids is 2. The SMILES string of the molecule is Cc1cc(C(=O)N2Cc3cnn(C)c3Nc3ccccc32)ccc1CNC(=O)CC1CCNCC1. The second kappa shape index (κ2) is 9.92. The average Bonchev–Trinajstić information content (AvgIpc) is 3.11. The van der Waals surface area contributed by atoms with Crippen LogP contribution in [0.4, 0.5) is 17.2 Å². The molecule has 0 atom stereocenters. The van der Waals surface area contributed by atoms with Crippen LogP contribution in [0.2, 0.25) is 0 Å². The van der Waals surface area contributed by atoms with Crippen molar-refractivity contribution in [2.24, 2.45) is 13.0 Å². The third-order valence-corrected chi connectivity index (χ3v) is 7.03. The summed E-state index contributed by atoms with van der Waals surface area (Å²) < 4.78 is 1.79.